The first-order chi connectivity index (χ1) is 8.31. The van der Waals surface area contributed by atoms with Gasteiger partial charge in [0.1, 0.15) is 0 Å². The fourth-order valence-corrected chi connectivity index (χ4v) is 2.17. The predicted octanol–water partition coefficient (Wildman–Crippen LogP) is 1.38. The van der Waals surface area contributed by atoms with Crippen molar-refractivity contribution in [1.29, 1.82) is 0 Å². The van der Waals surface area contributed by atoms with Crippen LogP contribution in [0.15, 0.2) is 35.5 Å². The lowest BCUT2D eigenvalue weighted by molar-refractivity contribution is 0.250. The minimum Gasteiger partial charge on any atom is -0.396 e. The maximum atomic E-state index is 8.98. The van der Waals surface area contributed by atoms with Crippen LogP contribution in [0.1, 0.15) is 6.92 Å². The molecule has 90 valence electrons. The Balaban J connectivity index is 2.12. The molecule has 1 atom stereocenters. The standard InChI is InChI=1S/C11H14N4OS/c1-9(7-16)8-17-11-12-13-14-15(11)10-5-3-2-4-6-10/h2-6,9,16H,7-8H2,1H3/t9-/m0/s1. The zero-order chi connectivity index (χ0) is 12.1. The van der Waals surface area contributed by atoms with Crippen molar-refractivity contribution < 1.29 is 5.11 Å². The molecule has 0 fully saturated rings. The number of aromatic nitrogens is 4. The molecule has 0 bridgehead atoms. The van der Waals surface area contributed by atoms with E-state index in [0.29, 0.717) is 0 Å². The molecule has 2 rings (SSSR count). The average molecular weight is 250 g/mol. The Morgan fingerprint density at radius 3 is 2.82 bits per heavy atom. The summed E-state index contributed by atoms with van der Waals surface area (Å²) < 4.78 is 1.70. The van der Waals surface area contributed by atoms with Gasteiger partial charge in [-0.15, -0.1) is 5.10 Å². The van der Waals surface area contributed by atoms with Gasteiger partial charge < -0.3 is 5.11 Å². The van der Waals surface area contributed by atoms with Gasteiger partial charge in [-0.05, 0) is 28.5 Å². The molecule has 0 aliphatic rings. The molecule has 1 heterocycles. The highest BCUT2D eigenvalue weighted by Gasteiger charge is 2.10. The number of nitrogens with zero attached hydrogens (tertiary/aromatic N) is 4. The van der Waals surface area contributed by atoms with Gasteiger partial charge in [-0.1, -0.05) is 36.9 Å². The summed E-state index contributed by atoms with van der Waals surface area (Å²) in [5.74, 6) is 1.03. The average Bonchev–Trinajstić information content (AvgIpc) is 2.85. The van der Waals surface area contributed by atoms with Gasteiger partial charge in [0, 0.05) is 12.4 Å². The van der Waals surface area contributed by atoms with Crippen LogP contribution in [0.4, 0.5) is 0 Å². The molecule has 0 unspecified atom stereocenters. The van der Waals surface area contributed by atoms with Gasteiger partial charge in [0.15, 0.2) is 0 Å². The number of para-hydroxylation sites is 1. The summed E-state index contributed by atoms with van der Waals surface area (Å²) in [5, 5.41) is 21.4. The van der Waals surface area contributed by atoms with E-state index >= 15 is 0 Å². The Kier molecular flexibility index (Phi) is 4.11. The number of hydrogen-bond donors (Lipinski definition) is 1. The van der Waals surface area contributed by atoms with Gasteiger partial charge in [-0.25, -0.2) is 0 Å². The molecule has 2 aromatic rings. The summed E-state index contributed by atoms with van der Waals surface area (Å²) in [5.41, 5.74) is 0.941. The van der Waals surface area contributed by atoms with Gasteiger partial charge in [-0.3, -0.25) is 0 Å². The summed E-state index contributed by atoms with van der Waals surface area (Å²) in [6.45, 7) is 2.17. The summed E-state index contributed by atoms with van der Waals surface area (Å²) in [4.78, 5) is 0. The van der Waals surface area contributed by atoms with Crippen molar-refractivity contribution in [3.63, 3.8) is 0 Å². The lowest BCUT2D eigenvalue weighted by Crippen LogP contribution is -2.05. The van der Waals surface area contributed by atoms with Crippen molar-refractivity contribution in [3.8, 4) is 5.69 Å². The van der Waals surface area contributed by atoms with E-state index in [9.17, 15) is 0 Å². The van der Waals surface area contributed by atoms with Crippen LogP contribution in [0, 0.1) is 5.92 Å². The second kappa shape index (κ2) is 5.79. The number of thioether (sulfide) groups is 1. The third kappa shape index (κ3) is 3.04. The molecule has 0 saturated carbocycles. The summed E-state index contributed by atoms with van der Waals surface area (Å²) in [6, 6.07) is 9.75. The van der Waals surface area contributed by atoms with Crippen molar-refractivity contribution in [1.82, 2.24) is 20.2 Å². The molecule has 0 aliphatic heterocycles. The number of aliphatic hydroxyl groups is 1. The number of aliphatic hydroxyl groups excluding tert-OH is 1. The summed E-state index contributed by atoms with van der Waals surface area (Å²) >= 11 is 1.55. The van der Waals surface area contributed by atoms with Gasteiger partial charge >= 0.3 is 0 Å². The van der Waals surface area contributed by atoms with Crippen LogP contribution in [-0.2, 0) is 0 Å². The Morgan fingerprint density at radius 2 is 2.12 bits per heavy atom. The first-order valence-electron chi connectivity index (χ1n) is 5.38. The van der Waals surface area contributed by atoms with Crippen LogP contribution in [0.3, 0.4) is 0 Å². The van der Waals surface area contributed by atoms with Crippen LogP contribution >= 0.6 is 11.8 Å². The number of tetrazole rings is 1. The predicted molar refractivity (Wildman–Crippen MR) is 66.1 cm³/mol. The SMILES string of the molecule is C[C@@H](CO)CSc1nnnn1-c1ccccc1. The van der Waals surface area contributed by atoms with Crippen LogP contribution in [0.25, 0.3) is 5.69 Å². The highest BCUT2D eigenvalue weighted by Crippen LogP contribution is 2.20. The Morgan fingerprint density at radius 1 is 1.35 bits per heavy atom. The van der Waals surface area contributed by atoms with Gasteiger partial charge in [0.25, 0.3) is 0 Å². The Hall–Kier alpha value is -1.40. The van der Waals surface area contributed by atoms with E-state index in [2.05, 4.69) is 15.5 Å². The largest absolute Gasteiger partial charge is 0.396 e. The molecule has 1 aromatic carbocycles. The van der Waals surface area contributed by atoms with Gasteiger partial charge in [0.05, 0.1) is 5.69 Å². The Labute approximate surface area is 104 Å². The topological polar surface area (TPSA) is 63.8 Å². The van der Waals surface area contributed by atoms with E-state index in [4.69, 9.17) is 5.11 Å². The van der Waals surface area contributed by atoms with Gasteiger partial charge in [-0.2, -0.15) is 4.68 Å². The van der Waals surface area contributed by atoms with Crippen molar-refractivity contribution in [2.24, 2.45) is 5.92 Å². The molecule has 5 nitrogen and oxygen atoms in total. The second-order valence-electron chi connectivity index (χ2n) is 3.81. The van der Waals surface area contributed by atoms with Crippen molar-refractivity contribution in [2.45, 2.75) is 12.1 Å². The molecule has 0 aliphatic carbocycles. The van der Waals surface area contributed by atoms with Crippen LogP contribution in [-0.4, -0.2) is 37.7 Å². The number of rotatable bonds is 5. The summed E-state index contributed by atoms with van der Waals surface area (Å²) in [6.07, 6.45) is 0. The maximum absolute atomic E-state index is 8.98. The van der Waals surface area contributed by atoms with E-state index in [0.717, 1.165) is 16.6 Å². The lowest BCUT2D eigenvalue weighted by Gasteiger charge is -2.07. The maximum Gasteiger partial charge on any atom is 0.214 e. The molecule has 0 amide bonds. The highest BCUT2D eigenvalue weighted by atomic mass is 32.2. The lowest BCUT2D eigenvalue weighted by atomic mass is 10.2. The molecule has 6 heteroatoms. The van der Waals surface area contributed by atoms with E-state index < -0.39 is 0 Å². The monoisotopic (exact) mass is 250 g/mol. The van der Waals surface area contributed by atoms with E-state index in [-0.39, 0.29) is 12.5 Å². The zero-order valence-corrected chi connectivity index (χ0v) is 10.3. The molecule has 1 N–H and O–H groups in total. The smallest absolute Gasteiger partial charge is 0.214 e. The summed E-state index contributed by atoms with van der Waals surface area (Å²) in [7, 11) is 0. The Bertz CT molecular complexity index is 460. The molecule has 0 saturated heterocycles. The van der Waals surface area contributed by atoms with Crippen LogP contribution in [0.2, 0.25) is 0 Å². The normalized spacial score (nSPS) is 12.6. The van der Waals surface area contributed by atoms with Crippen LogP contribution in [0.5, 0.6) is 0 Å². The van der Waals surface area contributed by atoms with Crippen molar-refractivity contribution in [3.05, 3.63) is 30.3 Å². The van der Waals surface area contributed by atoms with E-state index in [1.54, 1.807) is 16.4 Å². The highest BCUT2D eigenvalue weighted by molar-refractivity contribution is 7.99. The molecule has 0 radical (unpaired) electrons. The molecule has 17 heavy (non-hydrogen) atoms. The quantitative estimate of drug-likeness (QED) is 0.812. The fraction of sp³-hybridized carbons (Fsp3) is 0.364. The number of benzene rings is 1. The zero-order valence-electron chi connectivity index (χ0n) is 9.52. The third-order valence-electron chi connectivity index (χ3n) is 2.25. The van der Waals surface area contributed by atoms with Gasteiger partial charge in [0.2, 0.25) is 5.16 Å². The second-order valence-corrected chi connectivity index (χ2v) is 4.79. The van der Waals surface area contributed by atoms with E-state index in [1.165, 1.54) is 0 Å². The van der Waals surface area contributed by atoms with Crippen molar-refractivity contribution >= 4 is 11.8 Å². The molecule has 1 aromatic heterocycles. The van der Waals surface area contributed by atoms with Crippen LogP contribution < -0.4 is 0 Å². The minimum absolute atomic E-state index is 0.180. The first-order valence-corrected chi connectivity index (χ1v) is 6.37. The molecule has 0 spiro atoms. The third-order valence-corrected chi connectivity index (χ3v) is 3.50. The van der Waals surface area contributed by atoms with E-state index in [1.807, 2.05) is 37.3 Å². The van der Waals surface area contributed by atoms with Crippen molar-refractivity contribution in [2.75, 3.05) is 12.4 Å². The number of hydrogen-bond acceptors (Lipinski definition) is 5. The fourth-order valence-electron chi connectivity index (χ4n) is 1.27. The minimum atomic E-state index is 0.180. The molecular formula is C11H14N4OS. The molecular weight excluding hydrogens is 236 g/mol. The first kappa shape index (κ1) is 12.1.